The number of benzene rings is 1. The molecule has 0 aliphatic carbocycles. The maximum Gasteiger partial charge on any atom is 0.113 e. The molecule has 0 unspecified atom stereocenters. The van der Waals surface area contributed by atoms with Gasteiger partial charge in [-0.25, -0.2) is 4.98 Å². The quantitative estimate of drug-likeness (QED) is 0.825. The van der Waals surface area contributed by atoms with E-state index in [9.17, 15) is 0 Å². The zero-order valence-electron chi connectivity index (χ0n) is 10.8. The summed E-state index contributed by atoms with van der Waals surface area (Å²) in [6.07, 6.45) is 5.40. The van der Waals surface area contributed by atoms with Crippen LogP contribution in [0.1, 0.15) is 17.1 Å². The number of rotatable bonds is 6. The van der Waals surface area contributed by atoms with Gasteiger partial charge >= 0.3 is 0 Å². The summed E-state index contributed by atoms with van der Waals surface area (Å²) in [6.45, 7) is 4.45. The van der Waals surface area contributed by atoms with Crippen LogP contribution in [0.15, 0.2) is 49.2 Å². The fourth-order valence-electron chi connectivity index (χ4n) is 1.98. The van der Waals surface area contributed by atoms with E-state index in [4.69, 9.17) is 5.11 Å². The highest BCUT2D eigenvalue weighted by molar-refractivity contribution is 5.85. The van der Waals surface area contributed by atoms with Gasteiger partial charge in [-0.15, -0.1) is 19.0 Å². The Kier molecular flexibility index (Phi) is 6.33. The third kappa shape index (κ3) is 4.23. The fourth-order valence-corrected chi connectivity index (χ4v) is 1.98. The van der Waals surface area contributed by atoms with Crippen LogP contribution in [0, 0.1) is 0 Å². The zero-order chi connectivity index (χ0) is 12.8. The smallest absolute Gasteiger partial charge is 0.113 e. The van der Waals surface area contributed by atoms with Crippen molar-refractivity contribution in [1.82, 2.24) is 9.55 Å². The van der Waals surface area contributed by atoms with Gasteiger partial charge in [0.05, 0.1) is 12.3 Å². The average molecular weight is 279 g/mol. The number of imidazole rings is 1. The minimum atomic E-state index is 0. The van der Waals surface area contributed by atoms with E-state index in [0.29, 0.717) is 6.54 Å². The first-order valence-electron chi connectivity index (χ1n) is 6.14. The minimum Gasteiger partial charge on any atom is -0.395 e. The molecule has 1 N–H and O–H groups in total. The van der Waals surface area contributed by atoms with Crippen LogP contribution in [0.4, 0.5) is 0 Å². The first kappa shape index (κ1) is 15.5. The van der Waals surface area contributed by atoms with E-state index in [2.05, 4.69) is 23.7 Å². The monoisotopic (exact) mass is 278 g/mol. The van der Waals surface area contributed by atoms with Crippen molar-refractivity contribution in [3.8, 4) is 0 Å². The average Bonchev–Trinajstić information content (AvgIpc) is 2.74. The van der Waals surface area contributed by atoms with Gasteiger partial charge in [0.25, 0.3) is 0 Å². The molecule has 0 aliphatic rings. The van der Waals surface area contributed by atoms with E-state index in [-0.39, 0.29) is 19.0 Å². The number of aromatic nitrogens is 2. The van der Waals surface area contributed by atoms with Crippen LogP contribution in [-0.4, -0.2) is 21.3 Å². The number of aliphatic hydroxyl groups is 1. The number of halogens is 1. The van der Waals surface area contributed by atoms with E-state index < -0.39 is 0 Å². The topological polar surface area (TPSA) is 38.0 Å². The molecule has 19 heavy (non-hydrogen) atoms. The number of aliphatic hydroxyl groups excluding tert-OH is 1. The van der Waals surface area contributed by atoms with Crippen molar-refractivity contribution >= 4 is 12.4 Å². The largest absolute Gasteiger partial charge is 0.395 e. The number of allylic oxidation sites excluding steroid dienone is 1. The molecule has 0 saturated heterocycles. The Morgan fingerprint density at radius 3 is 2.63 bits per heavy atom. The van der Waals surface area contributed by atoms with Gasteiger partial charge in [-0.2, -0.15) is 0 Å². The second-order valence-electron chi connectivity index (χ2n) is 4.22. The summed E-state index contributed by atoms with van der Waals surface area (Å²) in [4.78, 5) is 4.59. The van der Waals surface area contributed by atoms with Gasteiger partial charge in [0, 0.05) is 25.6 Å². The van der Waals surface area contributed by atoms with Crippen molar-refractivity contribution in [2.24, 2.45) is 0 Å². The highest BCUT2D eigenvalue weighted by Gasteiger charge is 2.07. The highest BCUT2D eigenvalue weighted by Crippen LogP contribution is 2.11. The van der Waals surface area contributed by atoms with Gasteiger partial charge in [-0.3, -0.25) is 0 Å². The molecule has 2 aromatic rings. The van der Waals surface area contributed by atoms with Crippen LogP contribution in [0.3, 0.4) is 0 Å². The van der Waals surface area contributed by atoms with Crippen LogP contribution in [0.5, 0.6) is 0 Å². The van der Waals surface area contributed by atoms with Crippen molar-refractivity contribution in [3.05, 3.63) is 66.3 Å². The predicted octanol–water partition coefficient (Wildman–Crippen LogP) is 2.62. The van der Waals surface area contributed by atoms with Crippen LogP contribution < -0.4 is 0 Å². The zero-order valence-corrected chi connectivity index (χ0v) is 11.6. The molecule has 0 radical (unpaired) electrons. The maximum absolute atomic E-state index is 9.08. The molecule has 0 aliphatic heterocycles. The first-order valence-corrected chi connectivity index (χ1v) is 6.14. The molecule has 0 amide bonds. The Bertz CT molecular complexity index is 508. The van der Waals surface area contributed by atoms with Gasteiger partial charge in [-0.05, 0) is 5.56 Å². The molecule has 1 aromatic heterocycles. The lowest BCUT2D eigenvalue weighted by molar-refractivity contribution is 0.274. The predicted molar refractivity (Wildman–Crippen MR) is 79.7 cm³/mol. The van der Waals surface area contributed by atoms with Crippen LogP contribution >= 0.6 is 12.4 Å². The van der Waals surface area contributed by atoms with E-state index >= 15 is 0 Å². The molecule has 0 saturated carbocycles. The molecule has 0 atom stereocenters. The summed E-state index contributed by atoms with van der Waals surface area (Å²) < 4.78 is 2.02. The third-order valence-electron chi connectivity index (χ3n) is 2.81. The van der Waals surface area contributed by atoms with Gasteiger partial charge in [0.2, 0.25) is 0 Å². The van der Waals surface area contributed by atoms with Crippen molar-refractivity contribution in [3.63, 3.8) is 0 Å². The van der Waals surface area contributed by atoms with Gasteiger partial charge in [0.15, 0.2) is 0 Å². The van der Waals surface area contributed by atoms with Crippen molar-refractivity contribution in [1.29, 1.82) is 0 Å². The summed E-state index contributed by atoms with van der Waals surface area (Å²) >= 11 is 0. The molecule has 3 nitrogen and oxygen atoms in total. The lowest BCUT2D eigenvalue weighted by Crippen LogP contribution is -2.06. The molecule has 1 aromatic carbocycles. The van der Waals surface area contributed by atoms with E-state index in [1.54, 1.807) is 0 Å². The Morgan fingerprint density at radius 1 is 1.26 bits per heavy atom. The van der Waals surface area contributed by atoms with Gasteiger partial charge in [-0.1, -0.05) is 36.4 Å². The molecular weight excluding hydrogens is 260 g/mol. The Hall–Kier alpha value is -1.58. The van der Waals surface area contributed by atoms with E-state index in [1.165, 1.54) is 5.56 Å². The van der Waals surface area contributed by atoms with E-state index in [0.717, 1.165) is 24.4 Å². The number of nitrogens with zero attached hydrogens (tertiary/aromatic N) is 2. The number of hydrogen-bond donors (Lipinski definition) is 1. The van der Waals surface area contributed by atoms with E-state index in [1.807, 2.05) is 35.0 Å². The molecule has 1 heterocycles. The van der Waals surface area contributed by atoms with Gasteiger partial charge < -0.3 is 9.67 Å². The molecule has 2 rings (SSSR count). The second kappa shape index (κ2) is 7.77. The Labute approximate surface area is 120 Å². The lowest BCUT2D eigenvalue weighted by Gasteiger charge is -2.05. The highest BCUT2D eigenvalue weighted by atomic mass is 35.5. The Morgan fingerprint density at radius 2 is 2.00 bits per heavy atom. The fraction of sp³-hybridized carbons (Fsp3) is 0.267. The molecular formula is C15H19ClN2O. The summed E-state index contributed by atoms with van der Waals surface area (Å²) in [5, 5.41) is 9.08. The van der Waals surface area contributed by atoms with Crippen molar-refractivity contribution in [2.75, 3.05) is 6.61 Å². The summed E-state index contributed by atoms with van der Waals surface area (Å²) in [7, 11) is 0. The van der Waals surface area contributed by atoms with Crippen LogP contribution in [-0.2, 0) is 19.4 Å². The van der Waals surface area contributed by atoms with Crippen LogP contribution in [0.25, 0.3) is 0 Å². The lowest BCUT2D eigenvalue weighted by atomic mass is 10.1. The normalized spacial score (nSPS) is 9.95. The molecule has 4 heteroatoms. The minimum absolute atomic E-state index is 0. The molecule has 0 bridgehead atoms. The Balaban J connectivity index is 0.00000180. The summed E-state index contributed by atoms with van der Waals surface area (Å²) in [5.41, 5.74) is 2.23. The second-order valence-corrected chi connectivity index (χ2v) is 4.22. The molecule has 0 spiro atoms. The SMILES string of the molecule is C=CCc1cn(CCO)c(Cc2ccccc2)n1.Cl. The molecule has 0 fully saturated rings. The third-order valence-corrected chi connectivity index (χ3v) is 2.81. The van der Waals surface area contributed by atoms with Gasteiger partial charge in [0.1, 0.15) is 5.82 Å². The first-order chi connectivity index (χ1) is 8.83. The van der Waals surface area contributed by atoms with Crippen LogP contribution in [0.2, 0.25) is 0 Å². The van der Waals surface area contributed by atoms with Crippen molar-refractivity contribution < 1.29 is 5.11 Å². The maximum atomic E-state index is 9.08. The molecule has 102 valence electrons. The summed E-state index contributed by atoms with van der Waals surface area (Å²) in [6, 6.07) is 10.2. The van der Waals surface area contributed by atoms with Crippen molar-refractivity contribution in [2.45, 2.75) is 19.4 Å². The summed E-state index contributed by atoms with van der Waals surface area (Å²) in [5.74, 6) is 0.993. The number of hydrogen-bond acceptors (Lipinski definition) is 2. The standard InChI is InChI=1S/C15H18N2O.ClH/c1-2-6-14-12-17(9-10-18)15(16-14)11-13-7-4-3-5-8-13;/h2-5,7-8,12,18H,1,6,9-11H2;1H.